The molecule has 4 heteroatoms. The molecule has 1 fully saturated rings. The van der Waals surface area contributed by atoms with Gasteiger partial charge < -0.3 is 14.6 Å². The summed E-state index contributed by atoms with van der Waals surface area (Å²) in [5.41, 5.74) is 2.94. The molecule has 1 aromatic heterocycles. The Morgan fingerprint density at radius 1 is 1.39 bits per heavy atom. The average molecular weight is 309 g/mol. The molecule has 23 heavy (non-hydrogen) atoms. The largest absolute Gasteiger partial charge is 0.497 e. The monoisotopic (exact) mass is 309 g/mol. The number of piperidine rings is 1. The molecule has 1 aliphatic rings. The number of hydrogen-bond donors (Lipinski definition) is 1. The van der Waals surface area contributed by atoms with Gasteiger partial charge >= 0.3 is 0 Å². The molecule has 2 aromatic rings. The van der Waals surface area contributed by atoms with Crippen molar-refractivity contribution in [3.8, 4) is 17.0 Å². The average Bonchev–Trinajstić information content (AvgIpc) is 3.01. The van der Waals surface area contributed by atoms with E-state index in [9.17, 15) is 0 Å². The van der Waals surface area contributed by atoms with E-state index in [-0.39, 0.29) is 0 Å². The Labute approximate surface area is 137 Å². The molecule has 0 radical (unpaired) electrons. The van der Waals surface area contributed by atoms with Crippen molar-refractivity contribution in [3.05, 3.63) is 48.9 Å². The van der Waals surface area contributed by atoms with Gasteiger partial charge in [0.15, 0.2) is 0 Å². The van der Waals surface area contributed by atoms with Gasteiger partial charge in [-0.05, 0) is 37.6 Å². The van der Waals surface area contributed by atoms with Crippen LogP contribution in [0, 0.1) is 0 Å². The molecule has 1 atom stereocenters. The molecule has 4 nitrogen and oxygen atoms in total. The van der Waals surface area contributed by atoms with E-state index >= 15 is 0 Å². The van der Waals surface area contributed by atoms with E-state index in [4.69, 9.17) is 9.72 Å². The smallest absolute Gasteiger partial charge is 0.119 e. The van der Waals surface area contributed by atoms with Gasteiger partial charge in [-0.15, -0.1) is 0 Å². The number of hydrogen-bond acceptors (Lipinski definition) is 3. The zero-order chi connectivity index (χ0) is 16.2. The third-order valence-electron chi connectivity index (χ3n) is 4.36. The lowest BCUT2D eigenvalue weighted by atomic mass is 9.99. The lowest BCUT2D eigenvalue weighted by Gasteiger charge is -2.22. The second-order valence-corrected chi connectivity index (χ2v) is 5.74. The summed E-state index contributed by atoms with van der Waals surface area (Å²) in [7, 11) is 1.68. The maximum atomic E-state index is 5.34. The second kappa shape index (κ2) is 6.84. The summed E-state index contributed by atoms with van der Waals surface area (Å²) in [4.78, 5) is 4.95. The van der Waals surface area contributed by atoms with E-state index in [1.165, 1.54) is 6.42 Å². The summed E-state index contributed by atoms with van der Waals surface area (Å²) in [5.74, 6) is 2.28. The number of ether oxygens (including phenoxy) is 1. The summed E-state index contributed by atoms with van der Waals surface area (Å²) >= 11 is 0. The van der Waals surface area contributed by atoms with E-state index in [0.717, 1.165) is 48.0 Å². The summed E-state index contributed by atoms with van der Waals surface area (Å²) in [5, 5.41) is 3.46. The van der Waals surface area contributed by atoms with E-state index in [0.29, 0.717) is 5.92 Å². The molecule has 1 unspecified atom stereocenters. The zero-order valence-electron chi connectivity index (χ0n) is 13.6. The van der Waals surface area contributed by atoms with Crippen LogP contribution in [0.25, 0.3) is 23.5 Å². The first-order valence-corrected chi connectivity index (χ1v) is 8.00. The molecule has 3 rings (SSSR count). The van der Waals surface area contributed by atoms with Crippen molar-refractivity contribution in [1.82, 2.24) is 14.9 Å². The van der Waals surface area contributed by atoms with Crippen molar-refractivity contribution in [2.75, 3.05) is 20.2 Å². The number of rotatable bonds is 5. The van der Waals surface area contributed by atoms with E-state index < -0.39 is 0 Å². The van der Waals surface area contributed by atoms with Crippen molar-refractivity contribution in [2.24, 2.45) is 0 Å². The van der Waals surface area contributed by atoms with Crippen LogP contribution in [0.3, 0.4) is 0 Å². The van der Waals surface area contributed by atoms with Crippen LogP contribution in [0.15, 0.2) is 37.4 Å². The summed E-state index contributed by atoms with van der Waals surface area (Å²) in [6, 6.07) is 7.98. The van der Waals surface area contributed by atoms with Gasteiger partial charge in [0.1, 0.15) is 11.6 Å². The van der Waals surface area contributed by atoms with E-state index in [1.807, 2.05) is 36.5 Å². The van der Waals surface area contributed by atoms with Gasteiger partial charge in [0.05, 0.1) is 18.5 Å². The Hall–Kier alpha value is -2.33. The molecule has 2 heterocycles. The van der Waals surface area contributed by atoms with Gasteiger partial charge in [0, 0.05) is 24.2 Å². The first-order chi connectivity index (χ1) is 11.3. The van der Waals surface area contributed by atoms with Crippen LogP contribution in [0.4, 0.5) is 0 Å². The summed E-state index contributed by atoms with van der Waals surface area (Å²) < 4.78 is 7.41. The third-order valence-corrected chi connectivity index (χ3v) is 4.36. The van der Waals surface area contributed by atoms with Crippen LogP contribution in [-0.4, -0.2) is 29.8 Å². The lowest BCUT2D eigenvalue weighted by molar-refractivity contribution is 0.415. The number of methoxy groups -OCH3 is 1. The fraction of sp³-hybridized carbons (Fsp3) is 0.316. The summed E-state index contributed by atoms with van der Waals surface area (Å²) in [6.07, 6.45) is 6.00. The number of nitrogens with one attached hydrogen (secondary N) is 1. The van der Waals surface area contributed by atoms with Gasteiger partial charge in [0.2, 0.25) is 0 Å². The maximum absolute atomic E-state index is 5.34. The van der Waals surface area contributed by atoms with Gasteiger partial charge in [-0.1, -0.05) is 25.3 Å². The van der Waals surface area contributed by atoms with Crippen molar-refractivity contribution in [2.45, 2.75) is 18.8 Å². The predicted molar refractivity (Wildman–Crippen MR) is 95.5 cm³/mol. The van der Waals surface area contributed by atoms with Crippen LogP contribution >= 0.6 is 0 Å². The highest BCUT2D eigenvalue weighted by Crippen LogP contribution is 2.32. The maximum Gasteiger partial charge on any atom is 0.119 e. The SMILES string of the molecule is C=Cc1c(-c2cccc(OC)c2)nc(C2CCCNC2)n1C=C. The molecule has 1 aromatic carbocycles. The fourth-order valence-electron chi connectivity index (χ4n) is 3.19. The molecular formula is C19H23N3O. The minimum atomic E-state index is 0.403. The Morgan fingerprint density at radius 3 is 2.91 bits per heavy atom. The second-order valence-electron chi connectivity index (χ2n) is 5.74. The number of benzene rings is 1. The Kier molecular flexibility index (Phi) is 4.63. The van der Waals surface area contributed by atoms with Crippen molar-refractivity contribution in [1.29, 1.82) is 0 Å². The zero-order valence-corrected chi connectivity index (χ0v) is 13.6. The lowest BCUT2D eigenvalue weighted by Crippen LogP contribution is -2.29. The molecule has 1 aliphatic heterocycles. The van der Waals surface area contributed by atoms with Crippen LogP contribution in [0.2, 0.25) is 0 Å². The van der Waals surface area contributed by atoms with Gasteiger partial charge in [-0.3, -0.25) is 0 Å². The number of imidazole rings is 1. The van der Waals surface area contributed by atoms with Gasteiger partial charge in [-0.2, -0.15) is 0 Å². The van der Waals surface area contributed by atoms with Crippen LogP contribution in [0.1, 0.15) is 30.3 Å². The van der Waals surface area contributed by atoms with E-state index in [1.54, 1.807) is 7.11 Å². The minimum absolute atomic E-state index is 0.403. The molecule has 1 saturated heterocycles. The molecule has 0 bridgehead atoms. The van der Waals surface area contributed by atoms with Crippen molar-refractivity contribution in [3.63, 3.8) is 0 Å². The molecule has 0 amide bonds. The fourth-order valence-corrected chi connectivity index (χ4v) is 3.19. The predicted octanol–water partition coefficient (Wildman–Crippen LogP) is 3.77. The standard InChI is InChI=1S/C19H23N3O/c1-4-17-18(14-8-6-10-16(12-14)23-3)21-19(22(17)5-2)15-9-7-11-20-13-15/h4-6,8,10,12,15,20H,1-2,7,9,11,13H2,3H3. The van der Waals surface area contributed by atoms with Gasteiger partial charge in [0.25, 0.3) is 0 Å². The molecule has 0 spiro atoms. The molecule has 0 saturated carbocycles. The van der Waals surface area contributed by atoms with Crippen molar-refractivity contribution < 1.29 is 4.74 Å². The Bertz CT molecular complexity index is 711. The number of nitrogens with zero attached hydrogens (tertiary/aromatic N) is 2. The normalized spacial score (nSPS) is 17.7. The Balaban J connectivity index is 2.10. The minimum Gasteiger partial charge on any atom is -0.497 e. The first-order valence-electron chi connectivity index (χ1n) is 8.00. The van der Waals surface area contributed by atoms with Crippen molar-refractivity contribution >= 4 is 12.3 Å². The summed E-state index contributed by atoms with van der Waals surface area (Å²) in [6.45, 7) is 9.98. The van der Waals surface area contributed by atoms with Crippen LogP contribution in [0.5, 0.6) is 5.75 Å². The Morgan fingerprint density at radius 2 is 2.26 bits per heavy atom. The highest BCUT2D eigenvalue weighted by molar-refractivity contribution is 5.72. The first kappa shape index (κ1) is 15.6. The molecule has 1 N–H and O–H groups in total. The molecule has 120 valence electrons. The number of aromatic nitrogens is 2. The molecule has 0 aliphatic carbocycles. The van der Waals surface area contributed by atoms with E-state index in [2.05, 4.69) is 23.0 Å². The van der Waals surface area contributed by atoms with Gasteiger partial charge in [-0.25, -0.2) is 4.98 Å². The van der Waals surface area contributed by atoms with Crippen LogP contribution < -0.4 is 10.1 Å². The van der Waals surface area contributed by atoms with Crippen LogP contribution in [-0.2, 0) is 0 Å². The third kappa shape index (κ3) is 2.94. The highest BCUT2D eigenvalue weighted by Gasteiger charge is 2.23. The quantitative estimate of drug-likeness (QED) is 0.914. The topological polar surface area (TPSA) is 39.1 Å². The molecular weight excluding hydrogens is 286 g/mol. The highest BCUT2D eigenvalue weighted by atomic mass is 16.5.